The third-order valence-corrected chi connectivity index (χ3v) is 4.05. The average molecular weight is 255 g/mol. The summed E-state index contributed by atoms with van der Waals surface area (Å²) in [6, 6.07) is 6.69. The number of anilines is 1. The molecule has 1 saturated heterocycles. The van der Waals surface area contributed by atoms with Crippen molar-refractivity contribution >= 4 is 5.82 Å². The van der Waals surface area contributed by atoms with E-state index in [0.29, 0.717) is 12.0 Å². The second-order valence-electron chi connectivity index (χ2n) is 5.47. The van der Waals surface area contributed by atoms with Crippen LogP contribution < -0.4 is 4.90 Å². The average Bonchev–Trinajstić information content (AvgIpc) is 2.96. The maximum atomic E-state index is 4.38. The van der Waals surface area contributed by atoms with Crippen molar-refractivity contribution in [3.8, 4) is 0 Å². The normalized spacial score (nSPS) is 22.9. The Morgan fingerprint density at radius 2 is 2.05 bits per heavy atom. The van der Waals surface area contributed by atoms with Crippen LogP contribution in [0, 0.1) is 0 Å². The highest BCUT2D eigenvalue weighted by Crippen LogP contribution is 2.38. The molecule has 0 aromatic carbocycles. The fraction of sp³-hybridized carbons (Fsp3) is 0.500. The Kier molecular flexibility index (Phi) is 2.50. The molecule has 0 N–H and O–H groups in total. The van der Waals surface area contributed by atoms with Gasteiger partial charge in [-0.3, -0.25) is 4.68 Å². The van der Waals surface area contributed by atoms with Gasteiger partial charge in [0.2, 0.25) is 0 Å². The van der Waals surface area contributed by atoms with Gasteiger partial charge >= 0.3 is 0 Å². The first-order valence-corrected chi connectivity index (χ1v) is 6.98. The van der Waals surface area contributed by atoms with E-state index in [2.05, 4.69) is 32.3 Å². The SMILES string of the molecule is c1cnn(C2CCN(c3ccc(C4CC4)nn3)C2)c1. The fourth-order valence-corrected chi connectivity index (χ4v) is 2.76. The number of hydrogen-bond donors (Lipinski definition) is 0. The number of aromatic nitrogens is 4. The van der Waals surface area contributed by atoms with Crippen LogP contribution in [-0.4, -0.2) is 33.1 Å². The quantitative estimate of drug-likeness (QED) is 0.841. The maximum Gasteiger partial charge on any atom is 0.151 e. The minimum absolute atomic E-state index is 0.458. The predicted octanol–water partition coefficient (Wildman–Crippen LogP) is 2.00. The lowest BCUT2D eigenvalue weighted by atomic mass is 10.3. The minimum atomic E-state index is 0.458. The smallest absolute Gasteiger partial charge is 0.151 e. The highest BCUT2D eigenvalue weighted by Gasteiger charge is 2.27. The van der Waals surface area contributed by atoms with Crippen molar-refractivity contribution in [2.45, 2.75) is 31.2 Å². The molecular formula is C14H17N5. The highest BCUT2D eigenvalue weighted by molar-refractivity contribution is 5.39. The van der Waals surface area contributed by atoms with Crippen molar-refractivity contribution < 1.29 is 0 Å². The summed E-state index contributed by atoms with van der Waals surface area (Å²) in [5, 5.41) is 13.1. The molecule has 1 atom stereocenters. The molecule has 2 aromatic rings. The fourth-order valence-electron chi connectivity index (χ4n) is 2.76. The third-order valence-electron chi connectivity index (χ3n) is 4.05. The zero-order valence-electron chi connectivity index (χ0n) is 10.8. The predicted molar refractivity (Wildman–Crippen MR) is 72.1 cm³/mol. The lowest BCUT2D eigenvalue weighted by Crippen LogP contribution is -2.22. The molecule has 5 nitrogen and oxygen atoms in total. The summed E-state index contributed by atoms with van der Waals surface area (Å²) in [4.78, 5) is 2.30. The molecule has 0 bridgehead atoms. The van der Waals surface area contributed by atoms with E-state index in [4.69, 9.17) is 0 Å². The number of rotatable bonds is 3. The van der Waals surface area contributed by atoms with Gasteiger partial charge in [0, 0.05) is 31.4 Å². The molecule has 1 unspecified atom stereocenters. The summed E-state index contributed by atoms with van der Waals surface area (Å²) in [5.74, 6) is 1.68. The highest BCUT2D eigenvalue weighted by atomic mass is 15.3. The van der Waals surface area contributed by atoms with Crippen LogP contribution in [0.3, 0.4) is 0 Å². The summed E-state index contributed by atoms with van der Waals surface area (Å²) < 4.78 is 2.05. The van der Waals surface area contributed by atoms with E-state index in [-0.39, 0.29) is 0 Å². The van der Waals surface area contributed by atoms with Gasteiger partial charge in [-0.1, -0.05) is 0 Å². The van der Waals surface area contributed by atoms with E-state index in [0.717, 1.165) is 31.0 Å². The van der Waals surface area contributed by atoms with Gasteiger partial charge in [-0.05, 0) is 37.5 Å². The van der Waals surface area contributed by atoms with E-state index < -0.39 is 0 Å². The summed E-state index contributed by atoms with van der Waals surface area (Å²) >= 11 is 0. The largest absolute Gasteiger partial charge is 0.353 e. The second-order valence-corrected chi connectivity index (χ2v) is 5.47. The molecule has 3 heterocycles. The van der Waals surface area contributed by atoms with Crippen molar-refractivity contribution in [1.82, 2.24) is 20.0 Å². The molecular weight excluding hydrogens is 238 g/mol. The Morgan fingerprint density at radius 1 is 1.11 bits per heavy atom. The lowest BCUT2D eigenvalue weighted by Gasteiger charge is -2.17. The second kappa shape index (κ2) is 4.33. The van der Waals surface area contributed by atoms with Gasteiger partial charge in [0.1, 0.15) is 0 Å². The van der Waals surface area contributed by atoms with E-state index in [1.165, 1.54) is 12.8 Å². The monoisotopic (exact) mass is 255 g/mol. The molecule has 0 radical (unpaired) electrons. The molecule has 2 aromatic heterocycles. The first-order valence-electron chi connectivity index (χ1n) is 6.98. The van der Waals surface area contributed by atoms with E-state index in [1.54, 1.807) is 0 Å². The molecule has 1 aliphatic carbocycles. The van der Waals surface area contributed by atoms with E-state index >= 15 is 0 Å². The van der Waals surface area contributed by atoms with Crippen LogP contribution in [0.25, 0.3) is 0 Å². The Labute approximate surface area is 112 Å². The molecule has 2 aliphatic rings. The van der Waals surface area contributed by atoms with Crippen LogP contribution in [0.2, 0.25) is 0 Å². The van der Waals surface area contributed by atoms with Gasteiger partial charge in [-0.2, -0.15) is 10.2 Å². The summed E-state index contributed by atoms with van der Waals surface area (Å²) in [7, 11) is 0. The molecule has 0 amide bonds. The van der Waals surface area contributed by atoms with Crippen molar-refractivity contribution in [2.24, 2.45) is 0 Å². The van der Waals surface area contributed by atoms with Gasteiger partial charge in [0.25, 0.3) is 0 Å². The first-order chi connectivity index (χ1) is 9.40. The van der Waals surface area contributed by atoms with Crippen molar-refractivity contribution in [2.75, 3.05) is 18.0 Å². The van der Waals surface area contributed by atoms with Crippen LogP contribution in [-0.2, 0) is 0 Å². The Bertz CT molecular complexity index is 544. The zero-order chi connectivity index (χ0) is 12.7. The van der Waals surface area contributed by atoms with E-state index in [1.807, 2.05) is 23.1 Å². The third kappa shape index (κ3) is 2.09. The Balaban J connectivity index is 1.48. The van der Waals surface area contributed by atoms with Gasteiger partial charge in [0.15, 0.2) is 5.82 Å². The standard InChI is InChI=1S/C14H17N5/c1-7-15-19(8-1)12-6-9-18(10-12)14-5-4-13(16-17-14)11-2-3-11/h1,4-5,7-8,11-12H,2-3,6,9-10H2. The van der Waals surface area contributed by atoms with Gasteiger partial charge in [-0.25, -0.2) is 0 Å². The lowest BCUT2D eigenvalue weighted by molar-refractivity contribution is 0.494. The first kappa shape index (κ1) is 11.0. The number of hydrogen-bond acceptors (Lipinski definition) is 4. The van der Waals surface area contributed by atoms with Crippen LogP contribution in [0.5, 0.6) is 0 Å². The van der Waals surface area contributed by atoms with Gasteiger partial charge in [0.05, 0.1) is 11.7 Å². The molecule has 98 valence electrons. The topological polar surface area (TPSA) is 46.8 Å². The van der Waals surface area contributed by atoms with Gasteiger partial charge < -0.3 is 4.90 Å². The zero-order valence-corrected chi connectivity index (χ0v) is 10.8. The Morgan fingerprint density at radius 3 is 2.74 bits per heavy atom. The molecule has 1 saturated carbocycles. The molecule has 2 fully saturated rings. The molecule has 19 heavy (non-hydrogen) atoms. The van der Waals surface area contributed by atoms with Crippen LogP contribution >= 0.6 is 0 Å². The number of nitrogens with zero attached hydrogens (tertiary/aromatic N) is 5. The molecule has 1 aliphatic heterocycles. The summed E-state index contributed by atoms with van der Waals surface area (Å²) in [6.45, 7) is 2.00. The van der Waals surface area contributed by atoms with Crippen molar-refractivity contribution in [1.29, 1.82) is 0 Å². The molecule has 0 spiro atoms. The van der Waals surface area contributed by atoms with Gasteiger partial charge in [-0.15, -0.1) is 5.10 Å². The van der Waals surface area contributed by atoms with Crippen LogP contribution in [0.15, 0.2) is 30.6 Å². The maximum absolute atomic E-state index is 4.38. The minimum Gasteiger partial charge on any atom is -0.353 e. The molecule has 4 rings (SSSR count). The van der Waals surface area contributed by atoms with Crippen LogP contribution in [0.4, 0.5) is 5.82 Å². The summed E-state index contributed by atoms with van der Waals surface area (Å²) in [6.07, 6.45) is 7.55. The van der Waals surface area contributed by atoms with E-state index in [9.17, 15) is 0 Å². The van der Waals surface area contributed by atoms with Crippen molar-refractivity contribution in [3.05, 3.63) is 36.3 Å². The Hall–Kier alpha value is -1.91. The molecule has 5 heteroatoms. The van der Waals surface area contributed by atoms with Crippen LogP contribution in [0.1, 0.15) is 36.9 Å². The summed E-state index contributed by atoms with van der Waals surface area (Å²) in [5.41, 5.74) is 1.16. The van der Waals surface area contributed by atoms with Crippen molar-refractivity contribution in [3.63, 3.8) is 0 Å².